The summed E-state index contributed by atoms with van der Waals surface area (Å²) >= 11 is 6.46. The van der Waals surface area contributed by atoms with E-state index in [4.69, 9.17) is 15.0 Å². The van der Waals surface area contributed by atoms with E-state index < -0.39 is 33.3 Å². The van der Waals surface area contributed by atoms with Gasteiger partial charge in [-0.1, -0.05) is 29.5 Å². The molecule has 4 N–H and O–H groups in total. The van der Waals surface area contributed by atoms with E-state index in [1.54, 1.807) is 11.6 Å². The average molecular weight is 562 g/mol. The summed E-state index contributed by atoms with van der Waals surface area (Å²) in [4.78, 5) is 43.4. The maximum atomic E-state index is 13.1. The van der Waals surface area contributed by atoms with Gasteiger partial charge in [0.25, 0.3) is 17.7 Å². The van der Waals surface area contributed by atoms with Crippen molar-refractivity contribution >= 4 is 64.4 Å². The van der Waals surface area contributed by atoms with Crippen molar-refractivity contribution < 1.29 is 28.2 Å². The van der Waals surface area contributed by atoms with E-state index >= 15 is 0 Å². The van der Waals surface area contributed by atoms with Crippen LogP contribution >= 0.6 is 36.2 Å². The number of oxime groups is 1. The maximum Gasteiger partial charge on any atom is 0.274 e. The Labute approximate surface area is 224 Å². The van der Waals surface area contributed by atoms with Crippen LogP contribution < -0.4 is 20.9 Å². The van der Waals surface area contributed by atoms with Crippen LogP contribution in [-0.2, 0) is 26.3 Å². The van der Waals surface area contributed by atoms with Gasteiger partial charge in [-0.05, 0) is 11.5 Å². The molecule has 0 spiro atoms. The summed E-state index contributed by atoms with van der Waals surface area (Å²) in [5.41, 5.74) is 7.19. The van der Waals surface area contributed by atoms with Crippen molar-refractivity contribution in [3.05, 3.63) is 47.7 Å². The summed E-state index contributed by atoms with van der Waals surface area (Å²) < 4.78 is 7.68. The SMILES string of the molecule is CON=C(C(=O)N[C@@H]1C(=O)N2C(C(=O)S)=C(c3nnc(-c4ccc[n+](C)c4)o3)CS[C@H]12)C1(N)NC=CS1. The number of nitrogens with two attached hydrogens (primary N) is 1. The van der Waals surface area contributed by atoms with Crippen molar-refractivity contribution in [1.29, 1.82) is 0 Å². The second-order valence-electron chi connectivity index (χ2n) is 8.09. The molecule has 3 atom stereocenters. The minimum atomic E-state index is -1.35. The number of carbonyl (C=O) groups is 3. The van der Waals surface area contributed by atoms with E-state index in [0.29, 0.717) is 11.1 Å². The van der Waals surface area contributed by atoms with Crippen LogP contribution in [0.4, 0.5) is 0 Å². The van der Waals surface area contributed by atoms with E-state index in [1.807, 2.05) is 36.1 Å². The molecule has 192 valence electrons. The molecule has 5 heterocycles. The van der Waals surface area contributed by atoms with Gasteiger partial charge in [-0.2, -0.15) is 0 Å². The normalized spacial score (nSPS) is 24.9. The second kappa shape index (κ2) is 9.85. The van der Waals surface area contributed by atoms with Gasteiger partial charge in [0.05, 0.1) is 5.57 Å². The minimum absolute atomic E-state index is 0.0368. The van der Waals surface area contributed by atoms with Gasteiger partial charge in [0.1, 0.15) is 36.8 Å². The lowest BCUT2D eigenvalue weighted by Gasteiger charge is -2.49. The average Bonchev–Trinajstić information content (AvgIpc) is 3.54. The van der Waals surface area contributed by atoms with Crippen LogP contribution in [0.1, 0.15) is 5.89 Å². The maximum absolute atomic E-state index is 13.1. The zero-order valence-electron chi connectivity index (χ0n) is 19.4. The Morgan fingerprint density at radius 2 is 2.22 bits per heavy atom. The lowest BCUT2D eigenvalue weighted by molar-refractivity contribution is -0.671. The molecule has 16 heteroatoms. The zero-order chi connectivity index (χ0) is 26.3. The number of thiol groups is 1. The second-order valence-corrected chi connectivity index (χ2v) is 10.7. The monoisotopic (exact) mass is 561 g/mol. The molecule has 37 heavy (non-hydrogen) atoms. The molecule has 0 aromatic carbocycles. The van der Waals surface area contributed by atoms with Crippen molar-refractivity contribution in [2.45, 2.75) is 16.4 Å². The molecule has 0 saturated carbocycles. The summed E-state index contributed by atoms with van der Waals surface area (Å²) in [7, 11) is 3.15. The Morgan fingerprint density at radius 1 is 1.43 bits per heavy atom. The number of pyridine rings is 1. The Bertz CT molecular complexity index is 1380. The van der Waals surface area contributed by atoms with Crippen LogP contribution in [0.3, 0.4) is 0 Å². The van der Waals surface area contributed by atoms with Crippen LogP contribution in [0.25, 0.3) is 17.0 Å². The van der Waals surface area contributed by atoms with Gasteiger partial charge in [0.15, 0.2) is 23.1 Å². The zero-order valence-corrected chi connectivity index (χ0v) is 22.0. The molecule has 0 aliphatic carbocycles. The summed E-state index contributed by atoms with van der Waals surface area (Å²) in [6.07, 6.45) is 5.26. The fourth-order valence-corrected chi connectivity index (χ4v) is 6.30. The first-order valence-corrected chi connectivity index (χ1v) is 13.1. The molecule has 1 unspecified atom stereocenters. The van der Waals surface area contributed by atoms with Crippen LogP contribution in [0.2, 0.25) is 0 Å². The van der Waals surface area contributed by atoms with Crippen LogP contribution in [0.15, 0.2) is 51.4 Å². The number of nitrogens with one attached hydrogen (secondary N) is 2. The summed E-state index contributed by atoms with van der Waals surface area (Å²) in [5.74, 6) is -0.527. The molecule has 2 amide bonds. The van der Waals surface area contributed by atoms with Gasteiger partial charge in [-0.3, -0.25) is 25.0 Å². The molecule has 2 aromatic heterocycles. The Kier molecular flexibility index (Phi) is 6.74. The smallest absolute Gasteiger partial charge is 0.274 e. The fraction of sp³-hybridized carbons (Fsp3) is 0.286. The van der Waals surface area contributed by atoms with Crippen LogP contribution in [0.5, 0.6) is 0 Å². The van der Waals surface area contributed by atoms with Gasteiger partial charge < -0.3 is 19.9 Å². The first-order chi connectivity index (χ1) is 17.7. The third-order valence-electron chi connectivity index (χ3n) is 5.70. The number of amides is 2. The van der Waals surface area contributed by atoms with Crippen molar-refractivity contribution in [3.8, 4) is 11.5 Å². The van der Waals surface area contributed by atoms with E-state index in [2.05, 4.69) is 38.6 Å². The number of fused-ring (bicyclic) bond motifs is 1. The number of aromatic nitrogens is 3. The largest absolute Gasteiger partial charge is 0.416 e. The highest BCUT2D eigenvalue weighted by Crippen LogP contribution is 2.44. The number of rotatable bonds is 7. The van der Waals surface area contributed by atoms with Crippen LogP contribution in [-0.4, -0.2) is 67.0 Å². The van der Waals surface area contributed by atoms with E-state index in [-0.39, 0.29) is 28.9 Å². The lowest BCUT2D eigenvalue weighted by atomic mass is 10.0. The topological polar surface area (TPSA) is 169 Å². The van der Waals surface area contributed by atoms with Crippen molar-refractivity contribution in [1.82, 2.24) is 25.7 Å². The molecule has 3 aliphatic rings. The third kappa shape index (κ3) is 4.49. The molecular formula is C21H21N8O5S3+. The number of thioether (sulfide) groups is 2. The molecule has 1 saturated heterocycles. The first kappa shape index (κ1) is 25.3. The molecular weight excluding hydrogens is 540 g/mol. The number of nitrogens with zero attached hydrogens (tertiary/aromatic N) is 5. The third-order valence-corrected chi connectivity index (χ3v) is 8.14. The Hall–Kier alpha value is -3.34. The van der Waals surface area contributed by atoms with Crippen molar-refractivity contribution in [3.63, 3.8) is 0 Å². The Balaban J connectivity index is 1.38. The quantitative estimate of drug-likeness (QED) is 0.114. The Morgan fingerprint density at radius 3 is 2.89 bits per heavy atom. The summed E-state index contributed by atoms with van der Waals surface area (Å²) in [6.45, 7) is 0. The van der Waals surface area contributed by atoms with Gasteiger partial charge in [0.2, 0.25) is 11.0 Å². The van der Waals surface area contributed by atoms with Crippen molar-refractivity contribution in [2.75, 3.05) is 12.9 Å². The van der Waals surface area contributed by atoms with Gasteiger partial charge in [-0.15, -0.1) is 22.0 Å². The molecule has 2 aromatic rings. The molecule has 3 aliphatic heterocycles. The predicted molar refractivity (Wildman–Crippen MR) is 138 cm³/mol. The van der Waals surface area contributed by atoms with E-state index in [9.17, 15) is 14.4 Å². The highest BCUT2D eigenvalue weighted by Gasteiger charge is 2.55. The number of carbonyl (C=O) groups excluding carboxylic acids is 3. The molecule has 0 radical (unpaired) electrons. The summed E-state index contributed by atoms with van der Waals surface area (Å²) in [6, 6.07) is 2.73. The standard InChI is InChI=1S/C21H20N8O5S3/c1-28-6-3-4-10(8-28)16-25-26-17(34-16)11-9-36-19-12(18(31)29(19)13(11)20(32)35)24-15(30)14(27-33-2)21(22)23-5-7-37-21/h3-8,12,19,23H,9,22H2,1-2H3,(H-,24,30,32,35)/p+1/t12-,19-,21?/m1/s1. The highest BCUT2D eigenvalue weighted by atomic mass is 32.2. The lowest BCUT2D eigenvalue weighted by Crippen LogP contribution is -2.72. The highest BCUT2D eigenvalue weighted by molar-refractivity contribution is 8.04. The first-order valence-electron chi connectivity index (χ1n) is 10.8. The number of hydrogen-bond acceptors (Lipinski definition) is 12. The molecule has 13 nitrogen and oxygen atoms in total. The van der Waals surface area contributed by atoms with Crippen LogP contribution in [0, 0.1) is 0 Å². The van der Waals surface area contributed by atoms with E-state index in [0.717, 1.165) is 11.8 Å². The van der Waals surface area contributed by atoms with Gasteiger partial charge in [0, 0.05) is 18.0 Å². The fourth-order valence-electron chi connectivity index (χ4n) is 4.00. The van der Waals surface area contributed by atoms with Gasteiger partial charge in [-0.25, -0.2) is 4.57 Å². The number of hydrogen-bond donors (Lipinski definition) is 4. The molecule has 5 rings (SSSR count). The summed E-state index contributed by atoms with van der Waals surface area (Å²) in [5, 5.41) is 17.9. The molecule has 1 fully saturated rings. The minimum Gasteiger partial charge on any atom is -0.416 e. The van der Waals surface area contributed by atoms with E-state index in [1.165, 1.54) is 23.8 Å². The molecule has 0 bridgehead atoms. The number of aryl methyl sites for hydroxylation is 1. The predicted octanol–water partition coefficient (Wildman–Crippen LogP) is -0.449. The van der Waals surface area contributed by atoms with Gasteiger partial charge >= 0.3 is 0 Å². The van der Waals surface area contributed by atoms with Crippen molar-refractivity contribution in [2.24, 2.45) is 17.9 Å². The number of β-lactam (4-membered cyclic amide) rings is 1.